The molecular weight excluding hydrogens is 395 g/mol. The number of halogens is 1. The van der Waals surface area contributed by atoms with Gasteiger partial charge in [-0.25, -0.2) is 8.91 Å². The number of rotatable bonds is 4. The fourth-order valence-corrected chi connectivity index (χ4v) is 5.57. The molecule has 0 atom stereocenters. The van der Waals surface area contributed by atoms with E-state index in [-0.39, 0.29) is 11.0 Å². The Morgan fingerprint density at radius 1 is 1.26 bits per heavy atom. The van der Waals surface area contributed by atoms with Crippen LogP contribution >= 0.6 is 0 Å². The first-order valence-corrected chi connectivity index (χ1v) is 11.4. The van der Waals surface area contributed by atoms with E-state index in [1.807, 2.05) is 6.20 Å². The van der Waals surface area contributed by atoms with Gasteiger partial charge < -0.3 is 20.5 Å². The van der Waals surface area contributed by atoms with Crippen molar-refractivity contribution in [2.45, 2.75) is 51.0 Å². The maximum absolute atomic E-state index is 14.0. The van der Waals surface area contributed by atoms with Crippen molar-refractivity contribution >= 4 is 22.6 Å². The Bertz CT molecular complexity index is 1120. The van der Waals surface area contributed by atoms with Crippen LogP contribution in [0.4, 0.5) is 4.39 Å². The molecule has 2 aromatic heterocycles. The first-order chi connectivity index (χ1) is 14.9. The van der Waals surface area contributed by atoms with E-state index in [1.54, 1.807) is 4.52 Å². The van der Waals surface area contributed by atoms with Crippen molar-refractivity contribution in [3.63, 3.8) is 0 Å². The average molecular weight is 427 g/mol. The predicted octanol–water partition coefficient (Wildman–Crippen LogP) is 2.89. The van der Waals surface area contributed by atoms with Crippen LogP contribution in [0.15, 0.2) is 18.3 Å². The lowest BCUT2D eigenvalue weighted by molar-refractivity contribution is 0.0737. The van der Waals surface area contributed by atoms with E-state index in [2.05, 4.69) is 33.7 Å². The summed E-state index contributed by atoms with van der Waals surface area (Å²) in [6.45, 7) is 10.2. The molecule has 0 radical (unpaired) electrons. The minimum absolute atomic E-state index is 0.0192. The normalized spacial score (nSPS) is 21.3. The number of fused-ring (bicyclic) bond motifs is 3. The number of hydrogen-bond acceptors (Lipinski definition) is 4. The van der Waals surface area contributed by atoms with E-state index in [4.69, 9.17) is 5.73 Å². The van der Waals surface area contributed by atoms with E-state index in [1.165, 1.54) is 38.1 Å². The van der Waals surface area contributed by atoms with Gasteiger partial charge in [-0.05, 0) is 70.5 Å². The van der Waals surface area contributed by atoms with Gasteiger partial charge in [0.1, 0.15) is 17.0 Å². The minimum atomic E-state index is -0.656. The predicted molar refractivity (Wildman–Crippen MR) is 119 cm³/mol. The van der Waals surface area contributed by atoms with Crippen molar-refractivity contribution in [1.29, 1.82) is 0 Å². The maximum atomic E-state index is 14.0. The lowest BCUT2D eigenvalue weighted by Crippen LogP contribution is -2.50. The molecular formula is C23H31FN6O. The number of nitrogens with zero attached hydrogens (tertiary/aromatic N) is 4. The number of hydrogen-bond donors (Lipinski definition) is 2. The van der Waals surface area contributed by atoms with Crippen molar-refractivity contribution in [2.24, 2.45) is 5.73 Å². The van der Waals surface area contributed by atoms with Crippen LogP contribution in [0.3, 0.4) is 0 Å². The number of imidazole rings is 1. The van der Waals surface area contributed by atoms with Crippen LogP contribution in [-0.2, 0) is 5.41 Å². The molecule has 8 heteroatoms. The standard InChI is InChI=1S/C23H31FN6O/c1-3-28-8-4-16(5-9-28)29-10-6-23(2,7-11-29)18-14-26-30-20-17(21(25)31)12-15(24)13-19(20)27-22(18)30/h12-14,16,27H,3-11H2,1-2H3,(H2,25,31). The number of likely N-dealkylation sites (tertiary alicyclic amines) is 2. The molecule has 2 aliphatic heterocycles. The molecule has 0 saturated carbocycles. The monoisotopic (exact) mass is 426 g/mol. The van der Waals surface area contributed by atoms with Gasteiger partial charge in [0.05, 0.1) is 17.3 Å². The Morgan fingerprint density at radius 2 is 1.97 bits per heavy atom. The Morgan fingerprint density at radius 3 is 2.61 bits per heavy atom. The van der Waals surface area contributed by atoms with Gasteiger partial charge in [0.2, 0.25) is 0 Å². The molecule has 5 rings (SSSR count). The summed E-state index contributed by atoms with van der Waals surface area (Å²) in [6, 6.07) is 3.27. The first kappa shape index (κ1) is 20.5. The highest BCUT2D eigenvalue weighted by atomic mass is 19.1. The second-order valence-electron chi connectivity index (χ2n) is 9.42. The van der Waals surface area contributed by atoms with Crippen LogP contribution in [-0.4, -0.2) is 69.1 Å². The number of amides is 1. The molecule has 1 amide bonds. The molecule has 1 aromatic carbocycles. The van der Waals surface area contributed by atoms with Gasteiger partial charge in [-0.3, -0.25) is 4.79 Å². The van der Waals surface area contributed by atoms with Crippen LogP contribution in [0.1, 0.15) is 55.5 Å². The molecule has 166 valence electrons. The fraction of sp³-hybridized carbons (Fsp3) is 0.565. The summed E-state index contributed by atoms with van der Waals surface area (Å²) < 4.78 is 15.7. The summed E-state index contributed by atoms with van der Waals surface area (Å²) in [5.74, 6) is -1.14. The Labute approximate surface area is 181 Å². The van der Waals surface area contributed by atoms with E-state index in [9.17, 15) is 9.18 Å². The largest absolute Gasteiger partial charge is 0.366 e. The van der Waals surface area contributed by atoms with Crippen LogP contribution < -0.4 is 5.73 Å². The zero-order valence-electron chi connectivity index (χ0n) is 18.3. The zero-order valence-corrected chi connectivity index (χ0v) is 18.3. The van der Waals surface area contributed by atoms with Crippen molar-refractivity contribution in [3.8, 4) is 0 Å². The van der Waals surface area contributed by atoms with Crippen LogP contribution in [0, 0.1) is 5.82 Å². The van der Waals surface area contributed by atoms with Crippen LogP contribution in [0.5, 0.6) is 0 Å². The van der Waals surface area contributed by atoms with Crippen LogP contribution in [0.2, 0.25) is 0 Å². The summed E-state index contributed by atoms with van der Waals surface area (Å²) in [4.78, 5) is 20.4. The molecule has 0 spiro atoms. The minimum Gasteiger partial charge on any atom is -0.366 e. The number of benzene rings is 1. The number of piperidine rings is 2. The topological polar surface area (TPSA) is 82.7 Å². The highest BCUT2D eigenvalue weighted by Gasteiger charge is 2.37. The van der Waals surface area contributed by atoms with Crippen molar-refractivity contribution in [3.05, 3.63) is 35.3 Å². The second kappa shape index (κ2) is 7.60. The molecule has 4 heterocycles. The molecule has 0 unspecified atom stereocenters. The highest BCUT2D eigenvalue weighted by molar-refractivity contribution is 6.05. The van der Waals surface area contributed by atoms with Crippen molar-refractivity contribution < 1.29 is 9.18 Å². The number of carbonyl (C=O) groups excluding carboxylic acids is 1. The van der Waals surface area contributed by atoms with Gasteiger partial charge in [-0.15, -0.1) is 0 Å². The number of carbonyl (C=O) groups is 1. The Balaban J connectivity index is 1.41. The molecule has 2 saturated heterocycles. The van der Waals surface area contributed by atoms with Gasteiger partial charge in [0, 0.05) is 17.0 Å². The summed E-state index contributed by atoms with van der Waals surface area (Å²) in [6.07, 6.45) is 6.51. The summed E-state index contributed by atoms with van der Waals surface area (Å²) in [5.41, 5.74) is 8.68. The first-order valence-electron chi connectivity index (χ1n) is 11.4. The number of H-pyrrole nitrogens is 1. The van der Waals surface area contributed by atoms with Gasteiger partial charge >= 0.3 is 0 Å². The van der Waals surface area contributed by atoms with Gasteiger partial charge in [0.25, 0.3) is 5.91 Å². The lowest BCUT2D eigenvalue weighted by Gasteiger charge is -2.45. The molecule has 0 aliphatic carbocycles. The third-order valence-electron chi connectivity index (χ3n) is 7.65. The number of nitrogens with one attached hydrogen (secondary N) is 1. The van der Waals surface area contributed by atoms with E-state index >= 15 is 0 Å². The Hall–Kier alpha value is -2.45. The van der Waals surface area contributed by atoms with Crippen molar-refractivity contribution in [1.82, 2.24) is 24.4 Å². The highest BCUT2D eigenvalue weighted by Crippen LogP contribution is 2.39. The van der Waals surface area contributed by atoms with E-state index in [0.717, 1.165) is 43.7 Å². The smallest absolute Gasteiger partial charge is 0.251 e. The fourth-order valence-electron chi connectivity index (χ4n) is 5.57. The lowest BCUT2D eigenvalue weighted by atomic mass is 9.75. The van der Waals surface area contributed by atoms with E-state index in [0.29, 0.717) is 17.1 Å². The summed E-state index contributed by atoms with van der Waals surface area (Å²) in [7, 11) is 0. The molecule has 31 heavy (non-hydrogen) atoms. The van der Waals surface area contributed by atoms with E-state index < -0.39 is 11.7 Å². The molecule has 2 aliphatic rings. The van der Waals surface area contributed by atoms with Gasteiger partial charge in [0.15, 0.2) is 0 Å². The van der Waals surface area contributed by atoms with Gasteiger partial charge in [-0.1, -0.05) is 13.8 Å². The molecule has 3 aromatic rings. The third kappa shape index (κ3) is 3.42. The van der Waals surface area contributed by atoms with Crippen LogP contribution in [0.25, 0.3) is 16.7 Å². The molecule has 2 fully saturated rings. The molecule has 0 bridgehead atoms. The summed E-state index contributed by atoms with van der Waals surface area (Å²) in [5, 5.41) is 4.56. The Kier molecular flexibility index (Phi) is 5.01. The average Bonchev–Trinajstić information content (AvgIpc) is 3.33. The quantitative estimate of drug-likeness (QED) is 0.672. The molecule has 3 N–H and O–H groups in total. The number of primary amides is 1. The zero-order chi connectivity index (χ0) is 21.8. The molecule has 7 nitrogen and oxygen atoms in total. The summed E-state index contributed by atoms with van der Waals surface area (Å²) >= 11 is 0. The SMILES string of the molecule is CCN1CCC(N2CCC(C)(c3cnn4c3[nH]c3cc(F)cc(C(N)=O)c34)CC2)CC1. The third-order valence-corrected chi connectivity index (χ3v) is 7.65. The maximum Gasteiger partial charge on any atom is 0.251 e. The van der Waals surface area contributed by atoms with Crippen molar-refractivity contribution in [2.75, 3.05) is 32.7 Å². The number of nitrogens with two attached hydrogens (primary N) is 1. The number of aromatic nitrogens is 3. The number of aromatic amines is 1. The second-order valence-corrected chi connectivity index (χ2v) is 9.42. The van der Waals surface area contributed by atoms with Gasteiger partial charge in [-0.2, -0.15) is 5.10 Å².